The third kappa shape index (κ3) is 3.38. The summed E-state index contributed by atoms with van der Waals surface area (Å²) in [5.74, 6) is 0. The summed E-state index contributed by atoms with van der Waals surface area (Å²) in [5.41, 5.74) is 3.21. The van der Waals surface area contributed by atoms with Crippen LogP contribution in [0.3, 0.4) is 0 Å². The normalized spacial score (nSPS) is 13.1. The van der Waals surface area contributed by atoms with Crippen LogP contribution in [0, 0.1) is 11.3 Å². The first-order chi connectivity index (χ1) is 7.31. The molecule has 1 aliphatic heterocycles. The molecule has 2 heteroatoms. The van der Waals surface area contributed by atoms with Gasteiger partial charge in [0.25, 0.3) is 0 Å². The van der Waals surface area contributed by atoms with E-state index in [4.69, 9.17) is 10.00 Å². The molecule has 0 saturated carbocycles. The van der Waals surface area contributed by atoms with Crippen LogP contribution in [0.5, 0.6) is 0 Å². The largest absolute Gasteiger partial charge is 0.376 e. The molecule has 0 aliphatic carbocycles. The fourth-order valence-corrected chi connectivity index (χ4v) is 1.44. The first-order valence-corrected chi connectivity index (χ1v) is 5.41. The summed E-state index contributed by atoms with van der Waals surface area (Å²) in [5, 5.41) is 8.65. The Balaban J connectivity index is 0.000000337. The van der Waals surface area contributed by atoms with Gasteiger partial charge in [0.05, 0.1) is 24.8 Å². The van der Waals surface area contributed by atoms with Crippen molar-refractivity contribution in [3.8, 4) is 6.07 Å². The monoisotopic (exact) mass is 203 g/mol. The number of fused-ring (bicyclic) bond motifs is 1. The van der Waals surface area contributed by atoms with Crippen LogP contribution in [0.2, 0.25) is 0 Å². The van der Waals surface area contributed by atoms with Crippen molar-refractivity contribution in [2.45, 2.75) is 33.3 Å². The van der Waals surface area contributed by atoms with Crippen molar-refractivity contribution >= 4 is 0 Å². The van der Waals surface area contributed by atoms with Gasteiger partial charge in [0.15, 0.2) is 0 Å². The van der Waals surface area contributed by atoms with Crippen LogP contribution in [-0.4, -0.2) is 6.61 Å². The smallest absolute Gasteiger partial charge is 0.0991 e. The first kappa shape index (κ1) is 11.7. The van der Waals surface area contributed by atoms with Crippen molar-refractivity contribution in [3.05, 3.63) is 34.9 Å². The second-order valence-electron chi connectivity index (χ2n) is 3.60. The van der Waals surface area contributed by atoms with E-state index in [-0.39, 0.29) is 0 Å². The molecule has 0 bridgehead atoms. The second-order valence-corrected chi connectivity index (χ2v) is 3.60. The molecule has 0 atom stereocenters. The minimum absolute atomic E-state index is 0.658. The van der Waals surface area contributed by atoms with Gasteiger partial charge in [-0.25, -0.2) is 0 Å². The first-order valence-electron chi connectivity index (χ1n) is 5.41. The predicted molar refractivity (Wildman–Crippen MR) is 60.5 cm³/mol. The Kier molecular flexibility index (Phi) is 4.86. The van der Waals surface area contributed by atoms with Crippen LogP contribution in [0.15, 0.2) is 18.2 Å². The third-order valence-corrected chi connectivity index (χ3v) is 2.11. The SMILES string of the molecule is CCC.N#Cc1ccc2c(c1)COCC2. The van der Waals surface area contributed by atoms with Crippen LogP contribution in [0.4, 0.5) is 0 Å². The van der Waals surface area contributed by atoms with Gasteiger partial charge in [0.2, 0.25) is 0 Å². The van der Waals surface area contributed by atoms with E-state index < -0.39 is 0 Å². The Labute approximate surface area is 91.5 Å². The quantitative estimate of drug-likeness (QED) is 0.649. The fraction of sp³-hybridized carbons (Fsp3) is 0.462. The fourth-order valence-electron chi connectivity index (χ4n) is 1.44. The number of hydrogen-bond donors (Lipinski definition) is 0. The van der Waals surface area contributed by atoms with Gasteiger partial charge in [-0.2, -0.15) is 5.26 Å². The molecular formula is C13H17NO. The van der Waals surface area contributed by atoms with E-state index in [1.54, 1.807) is 0 Å². The molecule has 0 N–H and O–H groups in total. The van der Waals surface area contributed by atoms with Crippen molar-refractivity contribution in [1.29, 1.82) is 5.26 Å². The minimum atomic E-state index is 0.658. The molecule has 15 heavy (non-hydrogen) atoms. The molecule has 0 saturated heterocycles. The lowest BCUT2D eigenvalue weighted by Gasteiger charge is -2.15. The highest BCUT2D eigenvalue weighted by molar-refractivity contribution is 5.38. The molecule has 1 aliphatic rings. The lowest BCUT2D eigenvalue weighted by molar-refractivity contribution is 0.111. The molecule has 1 heterocycles. The maximum Gasteiger partial charge on any atom is 0.0991 e. The Morgan fingerprint density at radius 3 is 2.73 bits per heavy atom. The Morgan fingerprint density at radius 1 is 1.33 bits per heavy atom. The lowest BCUT2D eigenvalue weighted by atomic mass is 10.0. The Morgan fingerprint density at radius 2 is 2.07 bits per heavy atom. The van der Waals surface area contributed by atoms with Crippen molar-refractivity contribution in [2.75, 3.05) is 6.61 Å². The molecule has 1 aromatic rings. The van der Waals surface area contributed by atoms with Gasteiger partial charge in [-0.1, -0.05) is 26.3 Å². The van der Waals surface area contributed by atoms with Gasteiger partial charge in [-0.05, 0) is 29.7 Å². The van der Waals surface area contributed by atoms with E-state index in [0.717, 1.165) is 18.6 Å². The zero-order valence-electron chi connectivity index (χ0n) is 9.42. The van der Waals surface area contributed by atoms with Gasteiger partial charge in [-0.15, -0.1) is 0 Å². The highest BCUT2D eigenvalue weighted by Crippen LogP contribution is 2.17. The van der Waals surface area contributed by atoms with E-state index in [9.17, 15) is 0 Å². The molecule has 0 unspecified atom stereocenters. The summed E-state index contributed by atoms with van der Waals surface area (Å²) >= 11 is 0. The van der Waals surface area contributed by atoms with Crippen molar-refractivity contribution in [1.82, 2.24) is 0 Å². The summed E-state index contributed by atoms with van der Waals surface area (Å²) in [6.07, 6.45) is 2.22. The molecule has 2 nitrogen and oxygen atoms in total. The number of nitriles is 1. The molecule has 0 spiro atoms. The Bertz CT molecular complexity index is 352. The zero-order chi connectivity index (χ0) is 11.1. The molecule has 80 valence electrons. The molecular weight excluding hydrogens is 186 g/mol. The topological polar surface area (TPSA) is 33.0 Å². The molecule has 0 radical (unpaired) electrons. The summed E-state index contributed by atoms with van der Waals surface area (Å²) in [4.78, 5) is 0. The number of hydrogen-bond acceptors (Lipinski definition) is 2. The predicted octanol–water partition coefficient (Wildman–Crippen LogP) is 3.05. The third-order valence-electron chi connectivity index (χ3n) is 2.11. The van der Waals surface area contributed by atoms with Crippen molar-refractivity contribution < 1.29 is 4.74 Å². The average molecular weight is 203 g/mol. The highest BCUT2D eigenvalue weighted by Gasteiger charge is 2.08. The standard InChI is InChI=1S/C10H9NO.C3H8/c11-6-8-1-2-9-3-4-12-7-10(9)5-8;1-3-2/h1-2,5H,3-4,7H2;3H2,1-2H3. The van der Waals surface area contributed by atoms with Gasteiger partial charge in [0, 0.05) is 0 Å². The minimum Gasteiger partial charge on any atom is -0.376 e. The summed E-state index contributed by atoms with van der Waals surface area (Å²) in [6.45, 7) is 5.71. The van der Waals surface area contributed by atoms with E-state index >= 15 is 0 Å². The average Bonchev–Trinajstić information content (AvgIpc) is 2.29. The maximum atomic E-state index is 8.65. The highest BCUT2D eigenvalue weighted by atomic mass is 16.5. The zero-order valence-corrected chi connectivity index (χ0v) is 9.42. The van der Waals surface area contributed by atoms with Crippen LogP contribution in [0.25, 0.3) is 0 Å². The maximum absolute atomic E-state index is 8.65. The van der Waals surface area contributed by atoms with Crippen molar-refractivity contribution in [3.63, 3.8) is 0 Å². The van der Waals surface area contributed by atoms with E-state index in [1.807, 2.05) is 18.2 Å². The molecule has 0 fully saturated rings. The van der Waals surface area contributed by atoms with E-state index in [0.29, 0.717) is 6.61 Å². The second kappa shape index (κ2) is 6.21. The molecule has 2 rings (SSSR count). The number of ether oxygens (including phenoxy) is 1. The van der Waals surface area contributed by atoms with Gasteiger partial charge in [-0.3, -0.25) is 0 Å². The molecule has 0 amide bonds. The summed E-state index contributed by atoms with van der Waals surface area (Å²) in [6, 6.07) is 7.92. The van der Waals surface area contributed by atoms with Gasteiger partial charge < -0.3 is 4.74 Å². The number of nitrogens with zero attached hydrogens (tertiary/aromatic N) is 1. The van der Waals surface area contributed by atoms with Crippen molar-refractivity contribution in [2.24, 2.45) is 0 Å². The lowest BCUT2D eigenvalue weighted by Crippen LogP contribution is -2.09. The Hall–Kier alpha value is -1.33. The van der Waals surface area contributed by atoms with E-state index in [1.165, 1.54) is 17.5 Å². The van der Waals surface area contributed by atoms with Gasteiger partial charge in [0.1, 0.15) is 0 Å². The molecule has 0 aromatic heterocycles. The van der Waals surface area contributed by atoms with Crippen LogP contribution >= 0.6 is 0 Å². The van der Waals surface area contributed by atoms with E-state index in [2.05, 4.69) is 19.9 Å². The van der Waals surface area contributed by atoms with Crippen LogP contribution in [0.1, 0.15) is 37.0 Å². The summed E-state index contributed by atoms with van der Waals surface area (Å²) < 4.78 is 5.29. The molecule has 1 aromatic carbocycles. The number of benzene rings is 1. The van der Waals surface area contributed by atoms with Gasteiger partial charge >= 0.3 is 0 Å². The van der Waals surface area contributed by atoms with Crippen LogP contribution < -0.4 is 0 Å². The van der Waals surface area contributed by atoms with Crippen LogP contribution in [-0.2, 0) is 17.8 Å². The summed E-state index contributed by atoms with van der Waals surface area (Å²) in [7, 11) is 0. The number of rotatable bonds is 0.